The van der Waals surface area contributed by atoms with Gasteiger partial charge in [-0.2, -0.15) is 11.8 Å². The number of pyridine rings is 1. The van der Waals surface area contributed by atoms with Gasteiger partial charge in [0.05, 0.1) is 30.8 Å². The van der Waals surface area contributed by atoms with Crippen molar-refractivity contribution in [1.82, 2.24) is 9.88 Å². The zero-order valence-corrected chi connectivity index (χ0v) is 21.4. The molecule has 35 heavy (non-hydrogen) atoms. The monoisotopic (exact) mass is 502 g/mol. The summed E-state index contributed by atoms with van der Waals surface area (Å²) in [5, 5.41) is 32.8. The Kier molecular flexibility index (Phi) is 8.92. The lowest BCUT2D eigenvalue weighted by molar-refractivity contribution is -0.153. The van der Waals surface area contributed by atoms with Gasteiger partial charge in [0.25, 0.3) is 0 Å². The van der Waals surface area contributed by atoms with Crippen LogP contribution in [0, 0.1) is 5.41 Å². The van der Waals surface area contributed by atoms with Gasteiger partial charge >= 0.3 is 5.97 Å². The number of aliphatic hydroxyl groups is 2. The summed E-state index contributed by atoms with van der Waals surface area (Å²) in [5.41, 5.74) is 1.04. The summed E-state index contributed by atoms with van der Waals surface area (Å²) in [7, 11) is 1.58. The van der Waals surface area contributed by atoms with Crippen molar-refractivity contribution in [1.29, 1.82) is 0 Å². The van der Waals surface area contributed by atoms with Crippen LogP contribution in [0.3, 0.4) is 0 Å². The molecule has 3 N–H and O–H groups in total. The minimum Gasteiger partial charge on any atom is -0.497 e. The topological polar surface area (TPSA) is 103 Å². The highest BCUT2D eigenvalue weighted by Crippen LogP contribution is 2.40. The van der Waals surface area contributed by atoms with Crippen LogP contribution in [0.15, 0.2) is 24.4 Å². The highest BCUT2D eigenvalue weighted by atomic mass is 32.2. The Bertz CT molecular complexity index is 997. The fourth-order valence-corrected chi connectivity index (χ4v) is 6.98. The molecule has 0 radical (unpaired) electrons. The van der Waals surface area contributed by atoms with Crippen molar-refractivity contribution in [3.8, 4) is 5.75 Å². The van der Waals surface area contributed by atoms with Crippen LogP contribution >= 0.6 is 11.8 Å². The van der Waals surface area contributed by atoms with Gasteiger partial charge < -0.3 is 25.0 Å². The van der Waals surface area contributed by atoms with E-state index in [9.17, 15) is 20.1 Å². The van der Waals surface area contributed by atoms with Gasteiger partial charge in [-0.15, -0.1) is 0 Å². The molecule has 0 bridgehead atoms. The fourth-order valence-electron chi connectivity index (χ4n) is 5.62. The molecule has 1 saturated carbocycles. The average molecular weight is 503 g/mol. The second-order valence-corrected chi connectivity index (χ2v) is 11.4. The second kappa shape index (κ2) is 11.9. The molecular weight excluding hydrogens is 464 g/mol. The lowest BCUT2D eigenvalue weighted by Crippen LogP contribution is -2.45. The fraction of sp³-hybridized carbons (Fsp3) is 0.630. The summed E-state index contributed by atoms with van der Waals surface area (Å²) in [6.45, 7) is 2.34. The van der Waals surface area contributed by atoms with Crippen molar-refractivity contribution in [3.63, 3.8) is 0 Å². The van der Waals surface area contributed by atoms with Gasteiger partial charge in [-0.3, -0.25) is 9.78 Å². The molecule has 2 fully saturated rings. The number of aromatic nitrogens is 1. The van der Waals surface area contributed by atoms with Crippen molar-refractivity contribution in [3.05, 3.63) is 35.5 Å². The van der Waals surface area contributed by atoms with Crippen LogP contribution in [0.4, 0.5) is 0 Å². The Labute approximate surface area is 211 Å². The molecule has 1 aliphatic carbocycles. The number of rotatable bonds is 11. The van der Waals surface area contributed by atoms with Crippen molar-refractivity contribution < 1.29 is 24.9 Å². The number of aliphatic carboxylic acids is 1. The minimum atomic E-state index is -0.896. The molecule has 4 rings (SSSR count). The number of thioether (sulfide) groups is 1. The van der Waals surface area contributed by atoms with Crippen LogP contribution in [-0.4, -0.2) is 68.9 Å². The molecule has 0 amide bonds. The number of carboxylic acid groups (broad SMARTS) is 1. The number of ether oxygens (including phenoxy) is 1. The first-order valence-electron chi connectivity index (χ1n) is 12.8. The normalized spacial score (nSPS) is 19.7. The summed E-state index contributed by atoms with van der Waals surface area (Å²) in [6, 6.07) is 5.45. The van der Waals surface area contributed by atoms with E-state index < -0.39 is 17.5 Å². The SMILES string of the molecule is COc1ccc2ncc(CO)c([C@@H](O)CCC3(C(=O)O)CCN(CCSC4CCCC4)CC3)c2c1. The Morgan fingerprint density at radius 1 is 1.29 bits per heavy atom. The Morgan fingerprint density at radius 3 is 2.69 bits per heavy atom. The number of nitrogens with zero attached hydrogens (tertiary/aromatic N) is 2. The Morgan fingerprint density at radius 2 is 2.03 bits per heavy atom. The number of hydrogen-bond donors (Lipinski definition) is 3. The third-order valence-corrected chi connectivity index (χ3v) is 9.29. The maximum atomic E-state index is 12.4. The van der Waals surface area contributed by atoms with Gasteiger partial charge in [-0.1, -0.05) is 12.8 Å². The number of piperidine rings is 1. The van der Waals surface area contributed by atoms with E-state index in [0.717, 1.165) is 36.0 Å². The molecule has 2 aromatic rings. The van der Waals surface area contributed by atoms with Crippen molar-refractivity contribution >= 4 is 28.6 Å². The number of carboxylic acids is 1. The number of carbonyl (C=O) groups is 1. The number of fused-ring (bicyclic) bond motifs is 1. The van der Waals surface area contributed by atoms with E-state index in [4.69, 9.17) is 4.74 Å². The molecule has 192 valence electrons. The van der Waals surface area contributed by atoms with Crippen molar-refractivity contribution in [2.75, 3.05) is 32.5 Å². The molecule has 1 aromatic carbocycles. The predicted molar refractivity (Wildman–Crippen MR) is 139 cm³/mol. The summed E-state index contributed by atoms with van der Waals surface area (Å²) in [4.78, 5) is 19.2. The van der Waals surface area contributed by atoms with Crippen LogP contribution in [0.25, 0.3) is 10.9 Å². The molecule has 2 aliphatic rings. The third-order valence-electron chi connectivity index (χ3n) is 7.93. The van der Waals surface area contributed by atoms with E-state index in [1.165, 1.54) is 25.7 Å². The van der Waals surface area contributed by atoms with E-state index >= 15 is 0 Å². The lowest BCUT2D eigenvalue weighted by atomic mass is 9.74. The smallest absolute Gasteiger partial charge is 0.309 e. The first-order valence-corrected chi connectivity index (χ1v) is 13.8. The molecule has 0 spiro atoms. The van der Waals surface area contributed by atoms with E-state index in [0.29, 0.717) is 48.1 Å². The summed E-state index contributed by atoms with van der Waals surface area (Å²) in [6.07, 6.45) is 7.99. The van der Waals surface area contributed by atoms with E-state index in [-0.39, 0.29) is 6.61 Å². The predicted octanol–water partition coefficient (Wildman–Crippen LogP) is 4.39. The van der Waals surface area contributed by atoms with Gasteiger partial charge in [0.1, 0.15) is 5.75 Å². The molecule has 2 heterocycles. The standard InChI is InChI=1S/C27H38N2O5S/c1-34-20-6-7-23-22(16-20)25(19(18-30)17-28-23)24(31)8-9-27(26(32)33)10-12-29(13-11-27)14-15-35-21-4-2-3-5-21/h6-7,16-17,21,24,30-31H,2-5,8-15,18H2,1H3,(H,32,33)/t24-/m0/s1. The van der Waals surface area contributed by atoms with Gasteiger partial charge in [0.15, 0.2) is 0 Å². The van der Waals surface area contributed by atoms with E-state index in [1.54, 1.807) is 13.3 Å². The van der Waals surface area contributed by atoms with Crippen molar-refractivity contribution in [2.24, 2.45) is 5.41 Å². The number of methoxy groups -OCH3 is 1. The number of hydrogen-bond acceptors (Lipinski definition) is 7. The van der Waals surface area contributed by atoms with Crippen LogP contribution in [0.1, 0.15) is 68.6 Å². The highest BCUT2D eigenvalue weighted by molar-refractivity contribution is 7.99. The minimum absolute atomic E-state index is 0.246. The second-order valence-electron chi connectivity index (χ2n) is 10.00. The largest absolute Gasteiger partial charge is 0.497 e. The first-order chi connectivity index (χ1) is 17.0. The van der Waals surface area contributed by atoms with Gasteiger partial charge in [0.2, 0.25) is 0 Å². The first kappa shape index (κ1) is 26.2. The molecule has 1 atom stereocenters. The quantitative estimate of drug-likeness (QED) is 0.416. The molecule has 1 aromatic heterocycles. The van der Waals surface area contributed by atoms with Crippen LogP contribution in [-0.2, 0) is 11.4 Å². The zero-order chi connectivity index (χ0) is 24.8. The number of likely N-dealkylation sites (tertiary alicyclic amines) is 1. The summed E-state index contributed by atoms with van der Waals surface area (Å²) < 4.78 is 5.34. The van der Waals surface area contributed by atoms with Gasteiger partial charge in [-0.05, 0) is 75.4 Å². The maximum Gasteiger partial charge on any atom is 0.309 e. The van der Waals surface area contributed by atoms with Crippen LogP contribution in [0.2, 0.25) is 0 Å². The Hall–Kier alpha value is -1.87. The maximum absolute atomic E-state index is 12.4. The molecular formula is C27H38N2O5S. The third kappa shape index (κ3) is 6.10. The van der Waals surface area contributed by atoms with Crippen molar-refractivity contribution in [2.45, 2.75) is 69.3 Å². The van der Waals surface area contributed by atoms with Gasteiger partial charge in [0, 0.05) is 34.7 Å². The molecule has 8 heteroatoms. The van der Waals surface area contributed by atoms with Gasteiger partial charge in [-0.25, -0.2) is 0 Å². The number of aliphatic hydroxyl groups excluding tert-OH is 2. The molecule has 0 unspecified atom stereocenters. The molecule has 1 saturated heterocycles. The van der Waals surface area contributed by atoms with Crippen LogP contribution in [0.5, 0.6) is 5.75 Å². The lowest BCUT2D eigenvalue weighted by Gasteiger charge is -2.39. The number of benzene rings is 1. The summed E-state index contributed by atoms with van der Waals surface area (Å²) >= 11 is 2.08. The van der Waals surface area contributed by atoms with Crippen LogP contribution < -0.4 is 4.74 Å². The highest BCUT2D eigenvalue weighted by Gasteiger charge is 2.41. The van der Waals surface area contributed by atoms with E-state index in [1.807, 2.05) is 18.2 Å². The molecule has 7 nitrogen and oxygen atoms in total. The zero-order valence-electron chi connectivity index (χ0n) is 20.6. The Balaban J connectivity index is 1.40. The average Bonchev–Trinajstić information content (AvgIpc) is 3.40. The molecule has 1 aliphatic heterocycles. The van der Waals surface area contributed by atoms with E-state index in [2.05, 4.69) is 21.6 Å². The summed E-state index contributed by atoms with van der Waals surface area (Å²) in [5.74, 6) is 0.989.